The van der Waals surface area contributed by atoms with E-state index in [4.69, 9.17) is 0 Å². The first-order valence-corrected chi connectivity index (χ1v) is 9.71. The fourth-order valence-corrected chi connectivity index (χ4v) is 4.06. The van der Waals surface area contributed by atoms with Crippen LogP contribution < -0.4 is 0 Å². The van der Waals surface area contributed by atoms with Crippen molar-refractivity contribution in [1.29, 1.82) is 0 Å². The largest absolute Gasteiger partial charge is 0.481 e. The van der Waals surface area contributed by atoms with Gasteiger partial charge in [0.15, 0.2) is 0 Å². The highest BCUT2D eigenvalue weighted by molar-refractivity contribution is 6.00. The lowest BCUT2D eigenvalue weighted by molar-refractivity contribution is -0.141. The topological polar surface area (TPSA) is 57.6 Å². The van der Waals surface area contributed by atoms with Crippen molar-refractivity contribution in [1.82, 2.24) is 4.90 Å². The minimum Gasteiger partial charge on any atom is -0.481 e. The molecular weight excluding hydrogens is 426 g/mol. The third kappa shape index (κ3) is 3.95. The van der Waals surface area contributed by atoms with E-state index in [2.05, 4.69) is 0 Å². The Morgan fingerprint density at radius 2 is 1.56 bits per heavy atom. The summed E-state index contributed by atoms with van der Waals surface area (Å²) in [5, 5.41) is 10.0. The summed E-state index contributed by atoms with van der Waals surface area (Å²) in [4.78, 5) is 27.0. The molecule has 0 fully saturated rings. The second-order valence-electron chi connectivity index (χ2n) is 7.53. The Labute approximate surface area is 180 Å². The van der Waals surface area contributed by atoms with Crippen molar-refractivity contribution in [2.24, 2.45) is 0 Å². The standard InChI is InChI=1S/C24H17F4NO3/c25-17-11-5-14(6-12-17)13-29-21(15-7-9-16(10-8-15)24(26,27)28)20(23(31)32)18-3-1-2-4-19(18)22(29)30/h1-12,20-21H,13H2,(H,31,32)/t20-,21-/m0/s1. The number of carboxylic acids is 1. The number of hydrogen-bond acceptors (Lipinski definition) is 2. The first kappa shape index (κ1) is 21.5. The van der Waals surface area contributed by atoms with E-state index >= 15 is 0 Å². The first-order chi connectivity index (χ1) is 15.2. The van der Waals surface area contributed by atoms with Crippen molar-refractivity contribution < 1.29 is 32.3 Å². The Balaban J connectivity index is 1.85. The minimum atomic E-state index is -4.55. The molecule has 32 heavy (non-hydrogen) atoms. The highest BCUT2D eigenvalue weighted by atomic mass is 19.4. The van der Waals surface area contributed by atoms with Crippen LogP contribution in [0.1, 0.15) is 44.6 Å². The number of amides is 1. The van der Waals surface area contributed by atoms with E-state index in [1.54, 1.807) is 18.2 Å². The van der Waals surface area contributed by atoms with E-state index in [-0.39, 0.29) is 17.7 Å². The van der Waals surface area contributed by atoms with Gasteiger partial charge < -0.3 is 10.0 Å². The molecular formula is C24H17F4NO3. The van der Waals surface area contributed by atoms with Gasteiger partial charge in [-0.3, -0.25) is 9.59 Å². The van der Waals surface area contributed by atoms with E-state index in [9.17, 15) is 32.3 Å². The molecule has 0 aromatic heterocycles. The molecule has 0 saturated carbocycles. The first-order valence-electron chi connectivity index (χ1n) is 9.71. The van der Waals surface area contributed by atoms with Crippen LogP contribution in [0.4, 0.5) is 17.6 Å². The maximum atomic E-state index is 13.3. The number of alkyl halides is 3. The maximum absolute atomic E-state index is 13.3. The summed E-state index contributed by atoms with van der Waals surface area (Å²) in [6.07, 6.45) is -4.55. The molecule has 1 amide bonds. The molecule has 0 saturated heterocycles. The van der Waals surface area contributed by atoms with Gasteiger partial charge in [-0.2, -0.15) is 13.2 Å². The predicted molar refractivity (Wildman–Crippen MR) is 107 cm³/mol. The third-order valence-corrected chi connectivity index (χ3v) is 5.55. The van der Waals surface area contributed by atoms with Gasteiger partial charge >= 0.3 is 12.1 Å². The van der Waals surface area contributed by atoms with Gasteiger partial charge in [0.1, 0.15) is 11.7 Å². The zero-order valence-corrected chi connectivity index (χ0v) is 16.5. The highest BCUT2D eigenvalue weighted by Crippen LogP contribution is 2.44. The summed E-state index contributed by atoms with van der Waals surface area (Å²) in [7, 11) is 0. The summed E-state index contributed by atoms with van der Waals surface area (Å²) in [5.41, 5.74) is 0.451. The number of carboxylic acid groups (broad SMARTS) is 1. The second kappa shape index (κ2) is 8.11. The van der Waals surface area contributed by atoms with Crippen LogP contribution in [0.25, 0.3) is 0 Å². The van der Waals surface area contributed by atoms with Crippen LogP contribution in [0, 0.1) is 5.82 Å². The van der Waals surface area contributed by atoms with Crippen LogP contribution in [-0.4, -0.2) is 21.9 Å². The molecule has 4 nitrogen and oxygen atoms in total. The Morgan fingerprint density at radius 1 is 0.938 bits per heavy atom. The molecule has 1 aliphatic heterocycles. The fraction of sp³-hybridized carbons (Fsp3) is 0.167. The lowest BCUT2D eigenvalue weighted by Crippen LogP contribution is -2.44. The van der Waals surface area contributed by atoms with Crippen LogP contribution in [0.15, 0.2) is 72.8 Å². The van der Waals surface area contributed by atoms with Crippen molar-refractivity contribution in [3.63, 3.8) is 0 Å². The summed E-state index contributed by atoms with van der Waals surface area (Å²) in [6, 6.07) is 14.8. The lowest BCUT2D eigenvalue weighted by atomic mass is 9.79. The monoisotopic (exact) mass is 443 g/mol. The minimum absolute atomic E-state index is 0.0388. The smallest absolute Gasteiger partial charge is 0.416 e. The SMILES string of the molecule is O=C(O)[C@H]1c2ccccc2C(=O)N(Cc2ccc(F)cc2)[C@H]1c1ccc(C(F)(F)F)cc1. The van der Waals surface area contributed by atoms with Gasteiger partial charge in [0, 0.05) is 12.1 Å². The van der Waals surface area contributed by atoms with Gasteiger partial charge in [-0.1, -0.05) is 42.5 Å². The number of carbonyl (C=O) groups is 2. The molecule has 0 unspecified atom stereocenters. The van der Waals surface area contributed by atoms with Gasteiger partial charge in [-0.15, -0.1) is 0 Å². The summed E-state index contributed by atoms with van der Waals surface area (Å²) < 4.78 is 52.4. The molecule has 0 radical (unpaired) electrons. The number of halogens is 4. The summed E-state index contributed by atoms with van der Waals surface area (Å²) in [6.45, 7) is -0.0388. The summed E-state index contributed by atoms with van der Waals surface area (Å²) >= 11 is 0. The Morgan fingerprint density at radius 3 is 2.16 bits per heavy atom. The Bertz CT molecular complexity index is 1160. The molecule has 3 aromatic rings. The molecule has 164 valence electrons. The van der Waals surface area contributed by atoms with Crippen molar-refractivity contribution in [2.45, 2.75) is 24.7 Å². The summed E-state index contributed by atoms with van der Waals surface area (Å²) in [5.74, 6) is -3.32. The quantitative estimate of drug-likeness (QED) is 0.549. The maximum Gasteiger partial charge on any atom is 0.416 e. The number of carbonyl (C=O) groups excluding carboxylic acids is 1. The molecule has 4 rings (SSSR count). The number of nitrogens with zero attached hydrogens (tertiary/aromatic N) is 1. The van der Waals surface area contributed by atoms with Gasteiger partial charge in [-0.25, -0.2) is 4.39 Å². The molecule has 1 aliphatic rings. The van der Waals surface area contributed by atoms with E-state index in [0.717, 1.165) is 12.1 Å². The van der Waals surface area contributed by atoms with Crippen molar-refractivity contribution in [2.75, 3.05) is 0 Å². The van der Waals surface area contributed by atoms with Gasteiger partial charge in [0.25, 0.3) is 5.91 Å². The van der Waals surface area contributed by atoms with Crippen LogP contribution >= 0.6 is 0 Å². The molecule has 0 bridgehead atoms. The van der Waals surface area contributed by atoms with E-state index in [1.807, 2.05) is 0 Å². The Kier molecular flexibility index (Phi) is 5.46. The number of benzene rings is 3. The van der Waals surface area contributed by atoms with E-state index < -0.39 is 41.4 Å². The van der Waals surface area contributed by atoms with Crippen molar-refractivity contribution in [3.8, 4) is 0 Å². The normalized spacial score (nSPS) is 18.4. The lowest BCUT2D eigenvalue weighted by Gasteiger charge is -2.41. The number of fused-ring (bicyclic) bond motifs is 1. The van der Waals surface area contributed by atoms with Gasteiger partial charge in [0.05, 0.1) is 11.6 Å². The average Bonchev–Trinajstić information content (AvgIpc) is 2.76. The van der Waals surface area contributed by atoms with Crippen molar-refractivity contribution in [3.05, 3.63) is 106 Å². The zero-order valence-electron chi connectivity index (χ0n) is 16.5. The van der Waals surface area contributed by atoms with Crippen LogP contribution in [0.3, 0.4) is 0 Å². The zero-order chi connectivity index (χ0) is 23.0. The highest BCUT2D eigenvalue weighted by Gasteiger charge is 2.44. The molecule has 0 spiro atoms. The third-order valence-electron chi connectivity index (χ3n) is 5.55. The molecule has 1 N–H and O–H groups in total. The second-order valence-corrected chi connectivity index (χ2v) is 7.53. The number of aliphatic carboxylic acids is 1. The van der Waals surface area contributed by atoms with Crippen LogP contribution in [-0.2, 0) is 17.5 Å². The van der Waals surface area contributed by atoms with Gasteiger partial charge in [0.2, 0.25) is 0 Å². The predicted octanol–water partition coefficient (Wildman–Crippen LogP) is 5.41. The van der Waals surface area contributed by atoms with Gasteiger partial charge in [-0.05, 0) is 47.0 Å². The molecule has 8 heteroatoms. The Hall–Kier alpha value is -3.68. The van der Waals surface area contributed by atoms with E-state index in [1.165, 1.54) is 47.4 Å². The van der Waals surface area contributed by atoms with Crippen molar-refractivity contribution >= 4 is 11.9 Å². The molecule has 1 heterocycles. The fourth-order valence-electron chi connectivity index (χ4n) is 4.06. The number of rotatable bonds is 4. The molecule has 0 aliphatic carbocycles. The average molecular weight is 443 g/mol. The van der Waals surface area contributed by atoms with E-state index in [0.29, 0.717) is 11.1 Å². The molecule has 2 atom stereocenters. The number of hydrogen-bond donors (Lipinski definition) is 1. The van der Waals surface area contributed by atoms with Crippen LogP contribution in [0.5, 0.6) is 0 Å². The van der Waals surface area contributed by atoms with Crippen LogP contribution in [0.2, 0.25) is 0 Å². The molecule has 3 aromatic carbocycles.